The van der Waals surface area contributed by atoms with Crippen LogP contribution in [0.25, 0.3) is 10.9 Å². The third kappa shape index (κ3) is 4.71. The molecule has 6 nitrogen and oxygen atoms in total. The van der Waals surface area contributed by atoms with Gasteiger partial charge in [0.05, 0.1) is 6.21 Å². The summed E-state index contributed by atoms with van der Waals surface area (Å²) >= 11 is 0. The van der Waals surface area contributed by atoms with E-state index in [1.165, 1.54) is 5.56 Å². The average Bonchev–Trinajstić information content (AvgIpc) is 3.14. The largest absolute Gasteiger partial charge is 0.485 e. The minimum absolute atomic E-state index is 0.0323. The normalized spacial score (nSPS) is 15.4. The SMILES string of the molecule is Cc1c(/C=N\NC(=O)[C@H]2COc3ccc(C(C)(C)C)cc3O2)c2ccccc2n1Cc1ccccc1. The van der Waals surface area contributed by atoms with E-state index in [1.807, 2.05) is 48.5 Å². The van der Waals surface area contributed by atoms with Crippen molar-refractivity contribution in [1.82, 2.24) is 9.99 Å². The Hall–Kier alpha value is -4.06. The molecule has 1 aliphatic heterocycles. The van der Waals surface area contributed by atoms with Crippen molar-refractivity contribution in [2.75, 3.05) is 6.61 Å². The summed E-state index contributed by atoms with van der Waals surface area (Å²) in [5.41, 5.74) is 8.14. The fourth-order valence-electron chi connectivity index (χ4n) is 4.49. The topological polar surface area (TPSA) is 64.8 Å². The van der Waals surface area contributed by atoms with Crippen LogP contribution in [0.15, 0.2) is 77.9 Å². The van der Waals surface area contributed by atoms with Crippen molar-refractivity contribution < 1.29 is 14.3 Å². The number of ether oxygens (including phenoxy) is 2. The first kappa shape index (κ1) is 23.7. The number of nitrogens with zero attached hydrogens (tertiary/aromatic N) is 2. The standard InChI is InChI=1S/C30H31N3O3/c1-20-24(23-12-8-9-13-25(23)33(20)18-21-10-6-5-7-11-21)17-31-32-29(34)28-19-35-26-15-14-22(30(2,3)4)16-27(26)36-28/h5-17,28H,18-19H2,1-4H3,(H,32,34)/b31-17-/t28-/m1/s1. The van der Waals surface area contributed by atoms with E-state index in [4.69, 9.17) is 9.47 Å². The fourth-order valence-corrected chi connectivity index (χ4v) is 4.49. The molecule has 0 aliphatic carbocycles. The predicted molar refractivity (Wildman–Crippen MR) is 143 cm³/mol. The first-order valence-electron chi connectivity index (χ1n) is 12.2. The van der Waals surface area contributed by atoms with E-state index in [9.17, 15) is 4.79 Å². The molecule has 5 rings (SSSR count). The van der Waals surface area contributed by atoms with Crippen LogP contribution in [0, 0.1) is 6.92 Å². The lowest BCUT2D eigenvalue weighted by atomic mass is 9.87. The molecule has 184 valence electrons. The zero-order valence-electron chi connectivity index (χ0n) is 21.1. The van der Waals surface area contributed by atoms with Crippen LogP contribution in [-0.2, 0) is 16.8 Å². The molecule has 2 heterocycles. The van der Waals surface area contributed by atoms with E-state index in [-0.39, 0.29) is 17.9 Å². The molecule has 0 bridgehead atoms. The Balaban J connectivity index is 1.33. The van der Waals surface area contributed by atoms with Crippen LogP contribution in [0.5, 0.6) is 11.5 Å². The summed E-state index contributed by atoms with van der Waals surface area (Å²) in [5, 5.41) is 5.38. The summed E-state index contributed by atoms with van der Waals surface area (Å²) < 4.78 is 14.0. The van der Waals surface area contributed by atoms with Gasteiger partial charge in [0.25, 0.3) is 5.91 Å². The number of benzene rings is 3. The van der Waals surface area contributed by atoms with Crippen LogP contribution < -0.4 is 14.9 Å². The van der Waals surface area contributed by atoms with Crippen LogP contribution in [0.4, 0.5) is 0 Å². The molecule has 1 atom stereocenters. The molecule has 6 heteroatoms. The van der Waals surface area contributed by atoms with Gasteiger partial charge in [-0.05, 0) is 41.7 Å². The van der Waals surface area contributed by atoms with Crippen LogP contribution >= 0.6 is 0 Å². The lowest BCUT2D eigenvalue weighted by Crippen LogP contribution is -2.42. The van der Waals surface area contributed by atoms with Gasteiger partial charge in [-0.3, -0.25) is 4.79 Å². The molecule has 0 spiro atoms. The quantitative estimate of drug-likeness (QED) is 0.299. The monoisotopic (exact) mass is 481 g/mol. The van der Waals surface area contributed by atoms with Gasteiger partial charge >= 0.3 is 0 Å². The Labute approximate surface area is 211 Å². The van der Waals surface area contributed by atoms with Gasteiger partial charge < -0.3 is 14.0 Å². The molecular formula is C30H31N3O3. The highest BCUT2D eigenvalue weighted by atomic mass is 16.6. The number of hydrogen-bond donors (Lipinski definition) is 1. The molecule has 0 unspecified atom stereocenters. The van der Waals surface area contributed by atoms with Gasteiger partial charge in [0, 0.05) is 28.7 Å². The molecule has 4 aromatic rings. The summed E-state index contributed by atoms with van der Waals surface area (Å²) in [7, 11) is 0. The van der Waals surface area contributed by atoms with E-state index in [0.717, 1.165) is 34.3 Å². The zero-order valence-corrected chi connectivity index (χ0v) is 21.1. The van der Waals surface area contributed by atoms with Crippen molar-refractivity contribution in [3.63, 3.8) is 0 Å². The Morgan fingerprint density at radius 3 is 2.58 bits per heavy atom. The van der Waals surface area contributed by atoms with Crippen LogP contribution in [0.3, 0.4) is 0 Å². The van der Waals surface area contributed by atoms with E-state index in [1.54, 1.807) is 6.21 Å². The van der Waals surface area contributed by atoms with Crippen LogP contribution in [-0.4, -0.2) is 29.4 Å². The summed E-state index contributed by atoms with van der Waals surface area (Å²) in [6, 6.07) is 24.5. The number of amides is 1. The third-order valence-electron chi connectivity index (χ3n) is 6.59. The van der Waals surface area contributed by atoms with Gasteiger partial charge in [-0.1, -0.05) is 75.4 Å². The second-order valence-electron chi connectivity index (χ2n) is 10.2. The smallest absolute Gasteiger partial charge is 0.284 e. The molecule has 0 fully saturated rings. The number of carbonyl (C=O) groups excluding carboxylic acids is 1. The molecule has 3 aromatic carbocycles. The Bertz CT molecular complexity index is 1430. The van der Waals surface area contributed by atoms with E-state index in [0.29, 0.717) is 11.5 Å². The summed E-state index contributed by atoms with van der Waals surface area (Å²) in [5.74, 6) is 0.888. The van der Waals surface area contributed by atoms with Gasteiger partial charge in [0.15, 0.2) is 11.5 Å². The number of nitrogens with one attached hydrogen (secondary N) is 1. The van der Waals surface area contributed by atoms with Gasteiger partial charge in [0.2, 0.25) is 6.10 Å². The number of aromatic nitrogens is 1. The minimum atomic E-state index is -0.773. The highest BCUT2D eigenvalue weighted by Gasteiger charge is 2.28. The average molecular weight is 482 g/mol. The molecule has 36 heavy (non-hydrogen) atoms. The second-order valence-corrected chi connectivity index (χ2v) is 10.2. The first-order valence-corrected chi connectivity index (χ1v) is 12.2. The van der Waals surface area contributed by atoms with Gasteiger partial charge in [-0.15, -0.1) is 0 Å². The molecule has 0 radical (unpaired) electrons. The Morgan fingerprint density at radius 2 is 1.81 bits per heavy atom. The summed E-state index contributed by atoms with van der Waals surface area (Å²) in [6.45, 7) is 9.38. The van der Waals surface area contributed by atoms with E-state index in [2.05, 4.69) is 67.1 Å². The van der Waals surface area contributed by atoms with Crippen molar-refractivity contribution in [3.05, 3.63) is 95.2 Å². The maximum absolute atomic E-state index is 12.8. The molecule has 1 amide bonds. The number of hydrogen-bond acceptors (Lipinski definition) is 4. The number of hydrazone groups is 1. The predicted octanol–water partition coefficient (Wildman–Crippen LogP) is 5.59. The van der Waals surface area contributed by atoms with Crippen molar-refractivity contribution in [1.29, 1.82) is 0 Å². The third-order valence-corrected chi connectivity index (χ3v) is 6.59. The van der Waals surface area contributed by atoms with Crippen molar-refractivity contribution in [3.8, 4) is 11.5 Å². The second kappa shape index (κ2) is 9.53. The maximum Gasteiger partial charge on any atom is 0.284 e. The molecule has 1 N–H and O–H groups in total. The van der Waals surface area contributed by atoms with Gasteiger partial charge in [0.1, 0.15) is 6.61 Å². The number of carbonyl (C=O) groups is 1. The molecule has 1 aliphatic rings. The lowest BCUT2D eigenvalue weighted by molar-refractivity contribution is -0.130. The first-order chi connectivity index (χ1) is 17.3. The highest BCUT2D eigenvalue weighted by molar-refractivity contribution is 6.01. The van der Waals surface area contributed by atoms with Gasteiger partial charge in [-0.2, -0.15) is 5.10 Å². The van der Waals surface area contributed by atoms with Crippen molar-refractivity contribution in [2.45, 2.75) is 45.8 Å². The van der Waals surface area contributed by atoms with Gasteiger partial charge in [-0.25, -0.2) is 5.43 Å². The lowest BCUT2D eigenvalue weighted by Gasteiger charge is -2.27. The van der Waals surface area contributed by atoms with E-state index >= 15 is 0 Å². The number of para-hydroxylation sites is 1. The Kier molecular flexibility index (Phi) is 6.27. The molecule has 0 saturated heterocycles. The number of fused-ring (bicyclic) bond motifs is 2. The number of rotatable bonds is 5. The maximum atomic E-state index is 12.8. The zero-order chi connectivity index (χ0) is 25.3. The van der Waals surface area contributed by atoms with Crippen molar-refractivity contribution >= 4 is 23.0 Å². The molecule has 1 aromatic heterocycles. The molecular weight excluding hydrogens is 450 g/mol. The minimum Gasteiger partial charge on any atom is -0.485 e. The fraction of sp³-hybridized carbons (Fsp3) is 0.267. The summed E-state index contributed by atoms with van der Waals surface area (Å²) in [4.78, 5) is 12.8. The summed E-state index contributed by atoms with van der Waals surface area (Å²) in [6.07, 6.45) is 0.942. The van der Waals surface area contributed by atoms with Crippen LogP contribution in [0.2, 0.25) is 0 Å². The molecule has 0 saturated carbocycles. The van der Waals surface area contributed by atoms with E-state index < -0.39 is 6.10 Å². The Morgan fingerprint density at radius 1 is 1.06 bits per heavy atom. The van der Waals surface area contributed by atoms with Crippen LogP contribution in [0.1, 0.15) is 43.2 Å². The highest BCUT2D eigenvalue weighted by Crippen LogP contribution is 2.36. The van der Waals surface area contributed by atoms with Crippen molar-refractivity contribution in [2.24, 2.45) is 5.10 Å².